The molecule has 0 bridgehead atoms. The molecule has 0 fully saturated rings. The molecule has 0 spiro atoms. The zero-order chi connectivity index (χ0) is 11.3. The second-order valence-corrected chi connectivity index (χ2v) is 5.09. The van der Waals surface area contributed by atoms with E-state index in [1.807, 2.05) is 13.8 Å². The zero-order valence-corrected chi connectivity index (χ0v) is 9.93. The fourth-order valence-electron chi connectivity index (χ4n) is 1.09. The lowest BCUT2D eigenvalue weighted by Gasteiger charge is -2.22. The summed E-state index contributed by atoms with van der Waals surface area (Å²) in [5.41, 5.74) is 5.30. The molecule has 3 N–H and O–H groups in total. The summed E-state index contributed by atoms with van der Waals surface area (Å²) < 4.78 is 5.10. The minimum absolute atomic E-state index is 0.197. The highest BCUT2D eigenvalue weighted by Crippen LogP contribution is 2.24. The molecule has 0 aliphatic carbocycles. The van der Waals surface area contributed by atoms with Gasteiger partial charge in [0, 0.05) is 11.2 Å². The fourth-order valence-corrected chi connectivity index (χ4v) is 1.81. The maximum Gasteiger partial charge on any atom is 0.255 e. The topological polar surface area (TPSA) is 75.9 Å². The van der Waals surface area contributed by atoms with Crippen LogP contribution >= 0.6 is 11.8 Å². The van der Waals surface area contributed by atoms with E-state index < -0.39 is 0 Å². The number of rotatable bonds is 6. The second-order valence-electron chi connectivity index (χ2n) is 4.05. The summed E-state index contributed by atoms with van der Waals surface area (Å²) in [4.78, 5) is 4.01. The van der Waals surface area contributed by atoms with E-state index in [1.54, 1.807) is 24.2 Å². The van der Waals surface area contributed by atoms with Gasteiger partial charge in [-0.1, -0.05) is 25.6 Å². The molecule has 0 saturated carbocycles. The molecule has 1 aromatic heterocycles. The zero-order valence-electron chi connectivity index (χ0n) is 9.12. The monoisotopic (exact) mass is 227 g/mol. The number of thioether (sulfide) groups is 1. The molecule has 1 heterocycles. The molecule has 15 heavy (non-hydrogen) atoms. The first-order valence-corrected chi connectivity index (χ1v) is 5.88. The Bertz CT molecular complexity index is 308. The van der Waals surface area contributed by atoms with E-state index in [2.05, 4.69) is 4.98 Å². The molecular weight excluding hydrogens is 210 g/mol. The van der Waals surface area contributed by atoms with Gasteiger partial charge in [0.15, 0.2) is 0 Å². The lowest BCUT2D eigenvalue weighted by molar-refractivity contribution is 0.450. The third-order valence-corrected chi connectivity index (χ3v) is 3.25. The molecule has 5 heteroatoms. The van der Waals surface area contributed by atoms with Gasteiger partial charge in [-0.2, -0.15) is 0 Å². The summed E-state index contributed by atoms with van der Waals surface area (Å²) in [5.74, 6) is 1.20. The number of hydrogen-bond donors (Lipinski definition) is 2. The first kappa shape index (κ1) is 12.1. The van der Waals surface area contributed by atoms with Crippen LogP contribution in [-0.2, 0) is 0 Å². The van der Waals surface area contributed by atoms with Gasteiger partial charge in [0.25, 0.3) is 5.22 Å². The van der Waals surface area contributed by atoms with Gasteiger partial charge in [0.1, 0.15) is 6.26 Å². The molecule has 4 nitrogen and oxygen atoms in total. The van der Waals surface area contributed by atoms with Crippen molar-refractivity contribution < 1.29 is 4.42 Å². The summed E-state index contributed by atoms with van der Waals surface area (Å²) >= 11 is 1.59. The maximum atomic E-state index is 7.41. The first-order chi connectivity index (χ1) is 7.02. The SMILES string of the molecule is CC(C)(CCCSc1ncco1)C(=N)N. The van der Waals surface area contributed by atoms with Crippen LogP contribution in [0.5, 0.6) is 0 Å². The van der Waals surface area contributed by atoms with E-state index in [-0.39, 0.29) is 11.3 Å². The smallest absolute Gasteiger partial charge is 0.255 e. The van der Waals surface area contributed by atoms with Crippen molar-refractivity contribution in [1.29, 1.82) is 5.41 Å². The molecule has 0 saturated heterocycles. The number of aromatic nitrogens is 1. The molecule has 0 radical (unpaired) electrons. The van der Waals surface area contributed by atoms with E-state index >= 15 is 0 Å². The third kappa shape index (κ3) is 3.95. The minimum Gasteiger partial charge on any atom is -0.440 e. The van der Waals surface area contributed by atoms with Crippen LogP contribution in [0.25, 0.3) is 0 Å². The van der Waals surface area contributed by atoms with Gasteiger partial charge in [-0.05, 0) is 12.8 Å². The van der Waals surface area contributed by atoms with Crippen LogP contribution in [0.2, 0.25) is 0 Å². The van der Waals surface area contributed by atoms with Crippen LogP contribution in [-0.4, -0.2) is 16.6 Å². The Morgan fingerprint density at radius 1 is 1.67 bits per heavy atom. The molecular formula is C10H17N3OS. The molecule has 1 rings (SSSR count). The minimum atomic E-state index is -0.197. The summed E-state index contributed by atoms with van der Waals surface area (Å²) in [7, 11) is 0. The van der Waals surface area contributed by atoms with Gasteiger partial charge >= 0.3 is 0 Å². The molecule has 0 amide bonds. The van der Waals surface area contributed by atoms with E-state index in [1.165, 1.54) is 0 Å². The van der Waals surface area contributed by atoms with E-state index in [4.69, 9.17) is 15.6 Å². The average Bonchev–Trinajstić information content (AvgIpc) is 2.64. The van der Waals surface area contributed by atoms with Crippen LogP contribution < -0.4 is 5.73 Å². The second kappa shape index (κ2) is 5.21. The highest BCUT2D eigenvalue weighted by atomic mass is 32.2. The number of nitrogens with two attached hydrogens (primary N) is 1. The van der Waals surface area contributed by atoms with Crippen LogP contribution in [0, 0.1) is 10.8 Å². The third-order valence-electron chi connectivity index (χ3n) is 2.31. The molecule has 0 aliphatic rings. The highest BCUT2D eigenvalue weighted by molar-refractivity contribution is 7.99. The van der Waals surface area contributed by atoms with Crippen molar-refractivity contribution in [1.82, 2.24) is 4.98 Å². The van der Waals surface area contributed by atoms with Crippen molar-refractivity contribution >= 4 is 17.6 Å². The lowest BCUT2D eigenvalue weighted by Crippen LogP contribution is -2.30. The fraction of sp³-hybridized carbons (Fsp3) is 0.600. The summed E-state index contributed by atoms with van der Waals surface area (Å²) in [5, 5.41) is 8.12. The number of amidine groups is 1. The predicted octanol–water partition coefficient (Wildman–Crippen LogP) is 2.51. The summed E-state index contributed by atoms with van der Waals surface area (Å²) in [6.07, 6.45) is 5.12. The Balaban J connectivity index is 2.19. The van der Waals surface area contributed by atoms with Crippen molar-refractivity contribution in [3.63, 3.8) is 0 Å². The first-order valence-electron chi connectivity index (χ1n) is 4.89. The van der Waals surface area contributed by atoms with Gasteiger partial charge in [0.05, 0.1) is 12.0 Å². The van der Waals surface area contributed by atoms with Crippen LogP contribution in [0.4, 0.5) is 0 Å². The molecule has 0 aromatic carbocycles. The van der Waals surface area contributed by atoms with Gasteiger partial charge < -0.3 is 10.2 Å². The Hall–Kier alpha value is -0.970. The predicted molar refractivity (Wildman–Crippen MR) is 62.2 cm³/mol. The average molecular weight is 227 g/mol. The van der Waals surface area contributed by atoms with Gasteiger partial charge in [-0.15, -0.1) is 0 Å². The number of hydrogen-bond acceptors (Lipinski definition) is 4. The Kier molecular flexibility index (Phi) is 4.20. The lowest BCUT2D eigenvalue weighted by atomic mass is 9.87. The van der Waals surface area contributed by atoms with Crippen molar-refractivity contribution in [3.05, 3.63) is 12.5 Å². The van der Waals surface area contributed by atoms with Crippen molar-refractivity contribution in [2.24, 2.45) is 11.1 Å². The Morgan fingerprint density at radius 2 is 2.40 bits per heavy atom. The van der Waals surface area contributed by atoms with E-state index in [0.29, 0.717) is 5.22 Å². The summed E-state index contributed by atoms with van der Waals surface area (Å²) in [6.45, 7) is 3.98. The largest absolute Gasteiger partial charge is 0.440 e. The van der Waals surface area contributed by atoms with Crippen LogP contribution in [0.15, 0.2) is 22.1 Å². The molecule has 0 aliphatic heterocycles. The number of nitrogens with zero attached hydrogens (tertiary/aromatic N) is 1. The van der Waals surface area contributed by atoms with Crippen molar-refractivity contribution in [3.8, 4) is 0 Å². The molecule has 1 aromatic rings. The maximum absolute atomic E-state index is 7.41. The van der Waals surface area contributed by atoms with Gasteiger partial charge in [-0.25, -0.2) is 4.98 Å². The standard InChI is InChI=1S/C10H17N3OS/c1-10(2,8(11)12)4-3-7-15-9-13-5-6-14-9/h5-6H,3-4,7H2,1-2H3,(H3,11,12). The summed E-state index contributed by atoms with van der Waals surface area (Å²) in [6, 6.07) is 0. The van der Waals surface area contributed by atoms with E-state index in [9.17, 15) is 0 Å². The quantitative estimate of drug-likeness (QED) is 0.339. The normalized spacial score (nSPS) is 11.6. The Labute approximate surface area is 94.1 Å². The Morgan fingerprint density at radius 3 is 2.93 bits per heavy atom. The van der Waals surface area contributed by atoms with Gasteiger partial charge in [-0.3, -0.25) is 5.41 Å². The molecule has 84 valence electrons. The van der Waals surface area contributed by atoms with Crippen LogP contribution in [0.1, 0.15) is 26.7 Å². The van der Waals surface area contributed by atoms with Crippen molar-refractivity contribution in [2.45, 2.75) is 31.9 Å². The van der Waals surface area contributed by atoms with Crippen LogP contribution in [0.3, 0.4) is 0 Å². The van der Waals surface area contributed by atoms with E-state index in [0.717, 1.165) is 18.6 Å². The number of nitrogens with one attached hydrogen (secondary N) is 1. The molecule has 0 unspecified atom stereocenters. The number of oxazole rings is 1. The van der Waals surface area contributed by atoms with Crippen molar-refractivity contribution in [2.75, 3.05) is 5.75 Å². The molecule has 0 atom stereocenters. The highest BCUT2D eigenvalue weighted by Gasteiger charge is 2.20. The van der Waals surface area contributed by atoms with Gasteiger partial charge in [0.2, 0.25) is 0 Å².